The number of H-pyrrole nitrogens is 1. The van der Waals surface area contributed by atoms with Crippen molar-refractivity contribution < 1.29 is 15.0 Å². The molecule has 1 amide bonds. The second-order valence-corrected chi connectivity index (χ2v) is 5.80. The lowest BCUT2D eigenvalue weighted by Gasteiger charge is -2.21. The molecule has 0 aliphatic carbocycles. The van der Waals surface area contributed by atoms with Gasteiger partial charge < -0.3 is 15.1 Å². The summed E-state index contributed by atoms with van der Waals surface area (Å²) in [6, 6.07) is 2.73. The first-order valence-corrected chi connectivity index (χ1v) is 7.76. The molecule has 8 nitrogen and oxygen atoms in total. The van der Waals surface area contributed by atoms with Crippen LogP contribution in [0.15, 0.2) is 21.7 Å². The highest BCUT2D eigenvalue weighted by Gasteiger charge is 2.18. The molecule has 10 heteroatoms. The molecule has 0 aliphatic rings. The smallest absolute Gasteiger partial charge is 0.329 e. The fourth-order valence-electron chi connectivity index (χ4n) is 2.33. The second-order valence-electron chi connectivity index (χ2n) is 4.96. The number of aliphatic hydroxyl groups excluding tert-OH is 2. The minimum absolute atomic E-state index is 0.0109. The molecule has 0 atom stereocenters. The van der Waals surface area contributed by atoms with E-state index in [0.29, 0.717) is 0 Å². The van der Waals surface area contributed by atoms with E-state index in [4.69, 9.17) is 33.4 Å². The number of aliphatic hydroxyl groups is 2. The molecule has 0 spiro atoms. The third-order valence-electron chi connectivity index (χ3n) is 3.40. The summed E-state index contributed by atoms with van der Waals surface area (Å²) in [6.07, 6.45) is 0. The van der Waals surface area contributed by atoms with Crippen LogP contribution in [0.2, 0.25) is 10.0 Å². The normalized spacial score (nSPS) is 11.0. The van der Waals surface area contributed by atoms with Crippen LogP contribution in [0.25, 0.3) is 10.9 Å². The summed E-state index contributed by atoms with van der Waals surface area (Å²) in [5.41, 5.74) is -1.34. The molecule has 3 N–H and O–H groups in total. The molecule has 0 radical (unpaired) electrons. The first-order valence-electron chi connectivity index (χ1n) is 7.00. The van der Waals surface area contributed by atoms with Gasteiger partial charge in [-0.25, -0.2) is 4.79 Å². The largest absolute Gasteiger partial charge is 0.395 e. The van der Waals surface area contributed by atoms with Crippen LogP contribution >= 0.6 is 23.2 Å². The van der Waals surface area contributed by atoms with Gasteiger partial charge in [0.1, 0.15) is 6.54 Å². The maximum atomic E-state index is 12.3. The zero-order valence-corrected chi connectivity index (χ0v) is 14.0. The number of amides is 1. The summed E-state index contributed by atoms with van der Waals surface area (Å²) in [5.74, 6) is -0.510. The Labute approximate surface area is 145 Å². The number of hydrogen-bond acceptors (Lipinski definition) is 5. The van der Waals surface area contributed by atoms with Crippen LogP contribution < -0.4 is 11.2 Å². The SMILES string of the molecule is O=C(Cn1c(=O)[nH]c(=O)c2c(Cl)cc(Cl)cc21)N(CCO)CCO. The van der Waals surface area contributed by atoms with Gasteiger partial charge in [-0.15, -0.1) is 0 Å². The lowest BCUT2D eigenvalue weighted by molar-refractivity contribution is -0.132. The predicted octanol–water partition coefficient (Wildman–Crippen LogP) is -0.190. The lowest BCUT2D eigenvalue weighted by atomic mass is 10.2. The summed E-state index contributed by atoms with van der Waals surface area (Å²) in [6.45, 7) is -0.952. The van der Waals surface area contributed by atoms with E-state index < -0.39 is 23.7 Å². The number of aromatic amines is 1. The van der Waals surface area contributed by atoms with Gasteiger partial charge in [0.15, 0.2) is 0 Å². The minimum Gasteiger partial charge on any atom is -0.395 e. The summed E-state index contributed by atoms with van der Waals surface area (Å²) in [5, 5.41) is 18.3. The summed E-state index contributed by atoms with van der Waals surface area (Å²) < 4.78 is 1.04. The Morgan fingerprint density at radius 2 is 1.79 bits per heavy atom. The molecule has 0 saturated heterocycles. The first-order chi connectivity index (χ1) is 11.4. The Morgan fingerprint density at radius 1 is 1.17 bits per heavy atom. The quantitative estimate of drug-likeness (QED) is 0.647. The minimum atomic E-state index is -0.785. The van der Waals surface area contributed by atoms with E-state index in [9.17, 15) is 14.4 Å². The number of nitrogens with zero attached hydrogens (tertiary/aromatic N) is 2. The van der Waals surface area contributed by atoms with E-state index in [2.05, 4.69) is 4.98 Å². The van der Waals surface area contributed by atoms with Crippen LogP contribution in [0.3, 0.4) is 0 Å². The van der Waals surface area contributed by atoms with Gasteiger partial charge in [-0.05, 0) is 12.1 Å². The van der Waals surface area contributed by atoms with Crippen molar-refractivity contribution in [2.24, 2.45) is 0 Å². The molecule has 1 aromatic heterocycles. The highest BCUT2D eigenvalue weighted by atomic mass is 35.5. The molecule has 0 unspecified atom stereocenters. The highest BCUT2D eigenvalue weighted by molar-refractivity contribution is 6.38. The van der Waals surface area contributed by atoms with Crippen LogP contribution in [0.5, 0.6) is 0 Å². The molecule has 0 saturated carbocycles. The number of aromatic nitrogens is 2. The molecule has 0 aliphatic heterocycles. The summed E-state index contributed by atoms with van der Waals surface area (Å²) in [4.78, 5) is 39.7. The number of fused-ring (bicyclic) bond motifs is 1. The van der Waals surface area contributed by atoms with Gasteiger partial charge >= 0.3 is 5.69 Å². The van der Waals surface area contributed by atoms with Crippen molar-refractivity contribution in [1.29, 1.82) is 0 Å². The molecule has 1 heterocycles. The molecule has 130 valence electrons. The topological polar surface area (TPSA) is 116 Å². The number of halogens is 2. The van der Waals surface area contributed by atoms with Gasteiger partial charge in [-0.3, -0.25) is 19.1 Å². The number of carbonyl (C=O) groups excluding carboxylic acids is 1. The van der Waals surface area contributed by atoms with Crippen LogP contribution in [0.4, 0.5) is 0 Å². The van der Waals surface area contributed by atoms with Crippen molar-refractivity contribution in [3.63, 3.8) is 0 Å². The molecule has 1 aromatic carbocycles. The van der Waals surface area contributed by atoms with Gasteiger partial charge in [0.05, 0.1) is 29.1 Å². The molecule has 24 heavy (non-hydrogen) atoms. The molecule has 2 aromatic rings. The van der Waals surface area contributed by atoms with E-state index in [1.165, 1.54) is 17.0 Å². The van der Waals surface area contributed by atoms with Gasteiger partial charge in [0.2, 0.25) is 5.91 Å². The predicted molar refractivity (Wildman–Crippen MR) is 89.6 cm³/mol. The standard InChI is InChI=1S/C14H15Cl2N3O5/c15-8-5-9(16)12-10(6-8)19(14(24)17-13(12)23)7-11(22)18(1-3-20)2-4-21/h5-6,20-21H,1-4,7H2,(H,17,23,24). The molecular weight excluding hydrogens is 361 g/mol. The van der Waals surface area contributed by atoms with E-state index in [-0.39, 0.29) is 47.3 Å². The molecule has 0 fully saturated rings. The summed E-state index contributed by atoms with van der Waals surface area (Å²) in [7, 11) is 0. The van der Waals surface area contributed by atoms with Crippen molar-refractivity contribution in [1.82, 2.24) is 14.5 Å². The number of rotatable bonds is 6. The van der Waals surface area contributed by atoms with Gasteiger partial charge in [0.25, 0.3) is 5.56 Å². The van der Waals surface area contributed by atoms with Crippen LogP contribution in [-0.4, -0.2) is 56.9 Å². The van der Waals surface area contributed by atoms with Crippen LogP contribution in [0.1, 0.15) is 0 Å². The van der Waals surface area contributed by atoms with Crippen molar-refractivity contribution >= 4 is 40.0 Å². The third kappa shape index (κ3) is 3.78. The Morgan fingerprint density at radius 3 is 2.38 bits per heavy atom. The zero-order chi connectivity index (χ0) is 17.9. The second kappa shape index (κ2) is 7.80. The highest BCUT2D eigenvalue weighted by Crippen LogP contribution is 2.24. The maximum Gasteiger partial charge on any atom is 0.329 e. The number of nitrogens with one attached hydrogen (secondary N) is 1. The zero-order valence-electron chi connectivity index (χ0n) is 12.5. The van der Waals surface area contributed by atoms with Gasteiger partial charge in [0, 0.05) is 18.1 Å². The Hall–Kier alpha value is -1.87. The molecule has 2 rings (SSSR count). The van der Waals surface area contributed by atoms with Gasteiger partial charge in [-0.2, -0.15) is 0 Å². The van der Waals surface area contributed by atoms with E-state index in [0.717, 1.165) is 4.57 Å². The van der Waals surface area contributed by atoms with Crippen LogP contribution in [-0.2, 0) is 11.3 Å². The summed E-state index contributed by atoms with van der Waals surface area (Å²) >= 11 is 11.9. The van der Waals surface area contributed by atoms with Crippen molar-refractivity contribution in [2.75, 3.05) is 26.3 Å². The first kappa shape index (κ1) is 18.5. The molecular formula is C14H15Cl2N3O5. The fourth-order valence-corrected chi connectivity index (χ4v) is 2.90. The number of hydrogen-bond donors (Lipinski definition) is 3. The van der Waals surface area contributed by atoms with E-state index in [1.54, 1.807) is 0 Å². The van der Waals surface area contributed by atoms with Crippen molar-refractivity contribution in [3.8, 4) is 0 Å². The van der Waals surface area contributed by atoms with E-state index in [1.807, 2.05) is 0 Å². The Balaban J connectivity index is 2.54. The Kier molecular flexibility index (Phi) is 6.00. The molecule has 0 bridgehead atoms. The van der Waals surface area contributed by atoms with Gasteiger partial charge in [-0.1, -0.05) is 23.2 Å². The average Bonchev–Trinajstić information content (AvgIpc) is 2.49. The van der Waals surface area contributed by atoms with Crippen molar-refractivity contribution in [2.45, 2.75) is 6.54 Å². The lowest BCUT2D eigenvalue weighted by Crippen LogP contribution is -2.41. The van der Waals surface area contributed by atoms with E-state index >= 15 is 0 Å². The number of carbonyl (C=O) groups is 1. The van der Waals surface area contributed by atoms with Crippen LogP contribution in [0, 0.1) is 0 Å². The fraction of sp³-hybridized carbons (Fsp3) is 0.357. The number of benzene rings is 1. The maximum absolute atomic E-state index is 12.3. The monoisotopic (exact) mass is 375 g/mol. The Bertz CT molecular complexity index is 871. The third-order valence-corrected chi connectivity index (χ3v) is 3.92. The van der Waals surface area contributed by atoms with Crippen molar-refractivity contribution in [3.05, 3.63) is 43.0 Å². The average molecular weight is 376 g/mol.